The van der Waals surface area contributed by atoms with Crippen molar-refractivity contribution in [2.75, 3.05) is 12.4 Å². The number of amides is 1. The molecule has 34 heavy (non-hydrogen) atoms. The molecule has 10 nitrogen and oxygen atoms in total. The highest BCUT2D eigenvalue weighted by Gasteiger charge is 2.32. The van der Waals surface area contributed by atoms with E-state index in [4.69, 9.17) is 4.84 Å². The van der Waals surface area contributed by atoms with Crippen molar-refractivity contribution < 1.29 is 27.0 Å². The Morgan fingerprint density at radius 2 is 1.94 bits per heavy atom. The van der Waals surface area contributed by atoms with Crippen molar-refractivity contribution in [1.29, 1.82) is 0 Å². The van der Waals surface area contributed by atoms with Gasteiger partial charge in [-0.2, -0.15) is 18.3 Å². The number of imidazole rings is 1. The van der Waals surface area contributed by atoms with Gasteiger partial charge in [-0.1, -0.05) is 6.92 Å². The van der Waals surface area contributed by atoms with Gasteiger partial charge in [-0.3, -0.25) is 13.8 Å². The lowest BCUT2D eigenvalue weighted by Crippen LogP contribution is -2.26. The van der Waals surface area contributed by atoms with Gasteiger partial charge in [0.1, 0.15) is 17.0 Å². The van der Waals surface area contributed by atoms with Crippen molar-refractivity contribution >= 4 is 33.5 Å². The third-order valence-electron chi connectivity index (χ3n) is 4.96. The molecule has 0 aliphatic rings. The molecule has 0 aromatic carbocycles. The number of hydrogen-bond donors (Lipinski definition) is 1. The van der Waals surface area contributed by atoms with E-state index in [-0.39, 0.29) is 51.3 Å². The quantitative estimate of drug-likeness (QED) is 0.409. The second kappa shape index (κ2) is 8.76. The molecule has 0 bridgehead atoms. The zero-order chi connectivity index (χ0) is 24.8. The van der Waals surface area contributed by atoms with Crippen LogP contribution in [0.4, 0.5) is 13.2 Å². The Labute approximate surface area is 193 Å². The molecule has 4 aromatic heterocycles. The van der Waals surface area contributed by atoms with E-state index >= 15 is 0 Å². The molecule has 0 aliphatic heterocycles. The van der Waals surface area contributed by atoms with E-state index in [1.54, 1.807) is 27.8 Å². The molecule has 1 amide bonds. The summed E-state index contributed by atoms with van der Waals surface area (Å²) >= 11 is 0. The standard InChI is InChI=1S/C20H20F3N7O3S/c1-5-33-28-18(31)13-7-10(3)25-17-14(19(27-30(13)17)34(32)6-2)16-26-12-8-11(20(21,22)23)9-24-15(12)29(16)4/h7-9H,5-6H2,1-4H3,(H,28,31). The van der Waals surface area contributed by atoms with Gasteiger partial charge < -0.3 is 4.57 Å². The van der Waals surface area contributed by atoms with Crippen LogP contribution in [0.2, 0.25) is 0 Å². The summed E-state index contributed by atoms with van der Waals surface area (Å²) in [6.45, 7) is 5.29. The molecule has 180 valence electrons. The Hall–Kier alpha value is -3.39. The highest BCUT2D eigenvalue weighted by atomic mass is 32.2. The third kappa shape index (κ3) is 4.03. The van der Waals surface area contributed by atoms with Crippen molar-refractivity contribution in [3.63, 3.8) is 0 Å². The molecule has 0 aliphatic carbocycles. The zero-order valence-electron chi connectivity index (χ0n) is 18.6. The fraction of sp³-hybridized carbons (Fsp3) is 0.350. The van der Waals surface area contributed by atoms with Crippen LogP contribution in [0.5, 0.6) is 0 Å². The highest BCUT2D eigenvalue weighted by Crippen LogP contribution is 2.34. The number of nitrogens with one attached hydrogen (secondary N) is 1. The van der Waals surface area contributed by atoms with Gasteiger partial charge in [0, 0.05) is 24.7 Å². The minimum Gasteiger partial charge on any atom is -0.312 e. The Kier molecular flexibility index (Phi) is 6.12. The number of pyridine rings is 1. The number of nitrogens with zero attached hydrogens (tertiary/aromatic N) is 6. The SMILES string of the molecule is CCONC(=O)c1cc(C)nc2c(-c3nc4cc(C(F)(F)F)cnc4n3C)c(S(=O)CC)nn12. The summed E-state index contributed by atoms with van der Waals surface area (Å²) in [5.41, 5.74) is 2.50. The Balaban J connectivity index is 2.02. The highest BCUT2D eigenvalue weighted by molar-refractivity contribution is 7.85. The summed E-state index contributed by atoms with van der Waals surface area (Å²) in [6, 6.07) is 2.39. The first kappa shape index (κ1) is 23.8. The number of aromatic nitrogens is 6. The average Bonchev–Trinajstić information content (AvgIpc) is 3.32. The predicted molar refractivity (Wildman–Crippen MR) is 116 cm³/mol. The topological polar surface area (TPSA) is 116 Å². The van der Waals surface area contributed by atoms with Crippen LogP contribution < -0.4 is 5.48 Å². The normalized spacial score (nSPS) is 13.0. The maximum Gasteiger partial charge on any atom is 0.417 e. The number of hydrogen-bond acceptors (Lipinski definition) is 7. The fourth-order valence-corrected chi connectivity index (χ4v) is 4.27. The van der Waals surface area contributed by atoms with Crippen molar-refractivity contribution in [2.45, 2.75) is 32.0 Å². The molecule has 0 radical (unpaired) electrons. The molecule has 1 atom stereocenters. The van der Waals surface area contributed by atoms with Crippen LogP contribution in [-0.2, 0) is 28.9 Å². The maximum atomic E-state index is 13.2. The van der Waals surface area contributed by atoms with Gasteiger partial charge in [-0.05, 0) is 26.0 Å². The first-order valence-electron chi connectivity index (χ1n) is 10.2. The lowest BCUT2D eigenvalue weighted by atomic mass is 10.2. The van der Waals surface area contributed by atoms with Crippen LogP contribution in [-0.4, -0.2) is 51.6 Å². The van der Waals surface area contributed by atoms with E-state index in [1.165, 1.54) is 15.1 Å². The Morgan fingerprint density at radius 1 is 1.21 bits per heavy atom. The first-order valence-corrected chi connectivity index (χ1v) is 11.5. The summed E-state index contributed by atoms with van der Waals surface area (Å²) in [6.07, 6.45) is -3.85. The number of carbonyl (C=O) groups is 1. The molecule has 0 spiro atoms. The molecular formula is C20H20F3N7O3S. The number of carbonyl (C=O) groups excluding carboxylic acids is 1. The molecule has 1 unspecified atom stereocenters. The minimum absolute atomic E-state index is 0.00173. The molecule has 0 fully saturated rings. The summed E-state index contributed by atoms with van der Waals surface area (Å²) in [4.78, 5) is 30.4. The summed E-state index contributed by atoms with van der Waals surface area (Å²) in [5, 5.41) is 4.48. The monoisotopic (exact) mass is 495 g/mol. The summed E-state index contributed by atoms with van der Waals surface area (Å²) in [7, 11) is -0.0306. The second-order valence-electron chi connectivity index (χ2n) is 7.26. The lowest BCUT2D eigenvalue weighted by molar-refractivity contribution is -0.137. The molecule has 0 saturated carbocycles. The van der Waals surface area contributed by atoms with Gasteiger partial charge in [0.15, 0.2) is 16.3 Å². The molecule has 4 heterocycles. The van der Waals surface area contributed by atoms with E-state index in [0.717, 1.165) is 12.3 Å². The summed E-state index contributed by atoms with van der Waals surface area (Å²) in [5.74, 6) is -0.221. The largest absolute Gasteiger partial charge is 0.417 e. The second-order valence-corrected chi connectivity index (χ2v) is 8.91. The van der Waals surface area contributed by atoms with Gasteiger partial charge in [0.05, 0.1) is 28.5 Å². The third-order valence-corrected chi connectivity index (χ3v) is 6.21. The van der Waals surface area contributed by atoms with E-state index in [1.807, 2.05) is 0 Å². The smallest absolute Gasteiger partial charge is 0.312 e. The Morgan fingerprint density at radius 3 is 2.59 bits per heavy atom. The minimum atomic E-state index is -4.58. The van der Waals surface area contributed by atoms with Crippen LogP contribution in [0.1, 0.15) is 35.6 Å². The van der Waals surface area contributed by atoms with Crippen LogP contribution in [0, 0.1) is 6.92 Å². The number of fused-ring (bicyclic) bond motifs is 2. The van der Waals surface area contributed by atoms with Gasteiger partial charge in [0.25, 0.3) is 5.91 Å². The zero-order valence-corrected chi connectivity index (χ0v) is 19.4. The van der Waals surface area contributed by atoms with Crippen molar-refractivity contribution in [2.24, 2.45) is 7.05 Å². The number of alkyl halides is 3. The molecular weight excluding hydrogens is 475 g/mol. The van der Waals surface area contributed by atoms with Gasteiger partial charge in [-0.25, -0.2) is 24.9 Å². The van der Waals surface area contributed by atoms with Crippen molar-refractivity contribution in [1.82, 2.24) is 34.6 Å². The summed E-state index contributed by atoms with van der Waals surface area (Å²) < 4.78 is 55.2. The molecule has 14 heteroatoms. The van der Waals surface area contributed by atoms with E-state index in [2.05, 4.69) is 25.5 Å². The van der Waals surface area contributed by atoms with Crippen molar-refractivity contribution in [3.05, 3.63) is 35.3 Å². The maximum absolute atomic E-state index is 13.2. The first-order chi connectivity index (χ1) is 16.1. The number of halogens is 3. The van der Waals surface area contributed by atoms with Gasteiger partial charge in [0.2, 0.25) is 0 Å². The van der Waals surface area contributed by atoms with Gasteiger partial charge >= 0.3 is 6.18 Å². The van der Waals surface area contributed by atoms with E-state index in [9.17, 15) is 22.2 Å². The average molecular weight is 495 g/mol. The molecule has 0 saturated heterocycles. The molecule has 1 N–H and O–H groups in total. The van der Waals surface area contributed by atoms with Crippen LogP contribution in [0.15, 0.2) is 23.4 Å². The number of rotatable bonds is 6. The molecule has 4 rings (SSSR count). The lowest BCUT2D eigenvalue weighted by Gasteiger charge is -2.07. The van der Waals surface area contributed by atoms with Crippen LogP contribution in [0.25, 0.3) is 28.2 Å². The fourth-order valence-electron chi connectivity index (χ4n) is 3.42. The number of aryl methyl sites for hydroxylation is 2. The van der Waals surface area contributed by atoms with Crippen LogP contribution >= 0.6 is 0 Å². The predicted octanol–water partition coefficient (Wildman–Crippen LogP) is 2.81. The Bertz CT molecular complexity index is 1450. The molecule has 4 aromatic rings. The number of hydroxylamine groups is 1. The van der Waals surface area contributed by atoms with E-state index < -0.39 is 28.4 Å². The van der Waals surface area contributed by atoms with Crippen molar-refractivity contribution in [3.8, 4) is 11.4 Å². The van der Waals surface area contributed by atoms with Crippen LogP contribution in [0.3, 0.4) is 0 Å². The van der Waals surface area contributed by atoms with Gasteiger partial charge in [-0.15, -0.1) is 0 Å². The van der Waals surface area contributed by atoms with E-state index in [0.29, 0.717) is 5.69 Å².